The Morgan fingerprint density at radius 3 is 0.429 bits per heavy atom. The summed E-state index contributed by atoms with van der Waals surface area (Å²) in [5, 5.41) is 0. The molecular weight excluding hydrogens is 231 g/mol. The van der Waals surface area contributed by atoms with Crippen LogP contribution in [0.2, 0.25) is 0 Å². The Morgan fingerprint density at radius 1 is 0.429 bits per heavy atom. The molecule has 0 aromatic carbocycles. The van der Waals surface area contributed by atoms with Gasteiger partial charge in [0, 0.05) is 51.2 Å². The minimum absolute atomic E-state index is 0. The molecule has 0 unspecified atom stereocenters. The minimum atomic E-state index is 0. The van der Waals surface area contributed by atoms with Gasteiger partial charge in [-0.3, -0.25) is 0 Å². The van der Waals surface area contributed by atoms with E-state index in [1.807, 2.05) is 0 Å². The Kier molecular flexibility index (Phi) is 5200. The molecule has 0 saturated heterocycles. The molecule has 7 heavy (non-hydrogen) atoms. The zero-order valence-electron chi connectivity index (χ0n) is 3.09. The van der Waals surface area contributed by atoms with Gasteiger partial charge in [-0.25, -0.2) is 0 Å². The first-order valence-electron chi connectivity index (χ1n) is 0. The van der Waals surface area contributed by atoms with Gasteiger partial charge in [0.1, 0.15) is 0 Å². The molecule has 0 aliphatic carbocycles. The first-order valence-corrected chi connectivity index (χ1v) is 0. The van der Waals surface area contributed by atoms with E-state index in [-0.39, 0.29) is 73.1 Å². The van der Waals surface area contributed by atoms with E-state index in [1.165, 1.54) is 0 Å². The average molecular weight is 239 g/mol. The fourth-order valence-electron chi connectivity index (χ4n) is 0. The van der Waals surface area contributed by atoms with E-state index in [1.54, 1.807) is 0 Å². The van der Waals surface area contributed by atoms with Crippen LogP contribution in [0.25, 0.3) is 0 Å². The van der Waals surface area contributed by atoms with Crippen LogP contribution in [-0.4, -0.2) is 21.9 Å². The Morgan fingerprint density at radius 2 is 0.429 bits per heavy atom. The molecule has 0 aromatic rings. The molecule has 0 aromatic heterocycles. The molecule has 0 spiro atoms. The smallest absolute Gasteiger partial charge is 0 e. The van der Waals surface area contributed by atoms with Gasteiger partial charge in [0.25, 0.3) is 0 Å². The van der Waals surface area contributed by atoms with Crippen LogP contribution in [-0.2, 0) is 51.2 Å². The quantitative estimate of drug-likeness (QED) is 0.392. The molecule has 55 valence electrons. The Balaban J connectivity index is 0. The summed E-state index contributed by atoms with van der Waals surface area (Å²) in [4.78, 5) is 0. The molecule has 0 saturated carbocycles. The predicted molar refractivity (Wildman–Crippen MR) is 14.5 cm³/mol. The Bertz CT molecular complexity index is 9.65. The predicted octanol–water partition coefficient (Wildman–Crippen LogP) is -3.31. The minimum Gasteiger partial charge on any atom is -0.412 e. The van der Waals surface area contributed by atoms with Crippen LogP contribution in [0.4, 0.5) is 0 Å². The van der Waals surface area contributed by atoms with Gasteiger partial charge in [0.05, 0.1) is 0 Å². The molecule has 1 radical (unpaired) electrons. The zero-order chi connectivity index (χ0) is 0. The summed E-state index contributed by atoms with van der Waals surface area (Å²) in [6, 6.07) is 0. The van der Waals surface area contributed by atoms with Gasteiger partial charge >= 0.3 is 0 Å². The van der Waals surface area contributed by atoms with Crippen LogP contribution in [0.5, 0.6) is 0 Å². The Labute approximate surface area is 73.1 Å². The largest absolute Gasteiger partial charge is 0.412 e. The van der Waals surface area contributed by atoms with Crippen molar-refractivity contribution in [1.29, 1.82) is 0 Å². The van der Waals surface area contributed by atoms with Crippen molar-refractivity contribution in [3.05, 3.63) is 0 Å². The normalized spacial score (nSPS) is 0. The third kappa shape index (κ3) is 110. The van der Waals surface area contributed by atoms with E-state index in [4.69, 9.17) is 0 Å². The van der Waals surface area contributed by atoms with Crippen molar-refractivity contribution in [2.24, 2.45) is 0 Å². The van der Waals surface area contributed by atoms with E-state index in [0.29, 0.717) is 0 Å². The van der Waals surface area contributed by atoms with Gasteiger partial charge < -0.3 is 21.9 Å². The third-order valence-electron chi connectivity index (χ3n) is 0. The molecule has 0 atom stereocenters. The number of hydrogen-bond donors (Lipinski definition) is 0. The van der Waals surface area contributed by atoms with Crippen molar-refractivity contribution in [2.75, 3.05) is 0 Å². The van der Waals surface area contributed by atoms with E-state index < -0.39 is 0 Å². The van der Waals surface area contributed by atoms with Crippen LogP contribution in [0, 0.1) is 0 Å². The molecule has 4 nitrogen and oxygen atoms in total. The van der Waals surface area contributed by atoms with Crippen molar-refractivity contribution >= 4 is 0 Å². The summed E-state index contributed by atoms with van der Waals surface area (Å²) in [7, 11) is 0. The van der Waals surface area contributed by atoms with Crippen molar-refractivity contribution in [3.63, 3.8) is 0 Å². The standard InChI is InChI=1S/2Fe.Mn.4H2O/h;;;4*1H2. The SMILES string of the molecule is O.O.O.O.[Fe].[Fe].[Mn]. The second kappa shape index (κ2) is 155. The van der Waals surface area contributed by atoms with E-state index in [0.717, 1.165) is 0 Å². The maximum Gasteiger partial charge on any atom is 0 e. The summed E-state index contributed by atoms with van der Waals surface area (Å²) in [6.07, 6.45) is 0. The Hall–Kier alpha value is 1.40. The first-order chi connectivity index (χ1) is 0. The molecule has 0 heterocycles. The summed E-state index contributed by atoms with van der Waals surface area (Å²) in [6.45, 7) is 0. The van der Waals surface area contributed by atoms with Gasteiger partial charge in [0.2, 0.25) is 0 Å². The van der Waals surface area contributed by atoms with Crippen LogP contribution < -0.4 is 0 Å². The zero-order valence-corrected chi connectivity index (χ0v) is 6.47. The fraction of sp³-hybridized carbons (Fsp3) is 0. The average Bonchev–Trinajstić information content (AvgIpc) is 0. The van der Waals surface area contributed by atoms with Crippen molar-refractivity contribution in [3.8, 4) is 0 Å². The van der Waals surface area contributed by atoms with Gasteiger partial charge in [-0.05, 0) is 0 Å². The topological polar surface area (TPSA) is 126 Å². The van der Waals surface area contributed by atoms with Crippen LogP contribution in [0.1, 0.15) is 0 Å². The van der Waals surface area contributed by atoms with E-state index in [9.17, 15) is 0 Å². The molecular formula is H8Fe2MnO4. The third-order valence-corrected chi connectivity index (χ3v) is 0. The van der Waals surface area contributed by atoms with Crippen molar-refractivity contribution in [1.82, 2.24) is 0 Å². The van der Waals surface area contributed by atoms with Crippen LogP contribution >= 0.6 is 0 Å². The first kappa shape index (κ1) is 235. The summed E-state index contributed by atoms with van der Waals surface area (Å²) < 4.78 is 0. The maximum atomic E-state index is 0. The van der Waals surface area contributed by atoms with E-state index in [2.05, 4.69) is 0 Å². The van der Waals surface area contributed by atoms with Gasteiger partial charge in [-0.15, -0.1) is 0 Å². The number of hydrogen-bond acceptors (Lipinski definition) is 0. The molecule has 0 bridgehead atoms. The summed E-state index contributed by atoms with van der Waals surface area (Å²) in [5.41, 5.74) is 0. The maximum absolute atomic E-state index is 0. The molecule has 7 heteroatoms. The van der Waals surface area contributed by atoms with Crippen molar-refractivity contribution < 1.29 is 73.1 Å². The monoisotopic (exact) mass is 239 g/mol. The summed E-state index contributed by atoms with van der Waals surface area (Å²) in [5.74, 6) is 0. The summed E-state index contributed by atoms with van der Waals surface area (Å²) >= 11 is 0. The molecule has 0 fully saturated rings. The van der Waals surface area contributed by atoms with Crippen LogP contribution in [0.3, 0.4) is 0 Å². The van der Waals surface area contributed by atoms with Gasteiger partial charge in [0.15, 0.2) is 0 Å². The molecule has 0 aliphatic heterocycles. The van der Waals surface area contributed by atoms with E-state index >= 15 is 0 Å². The van der Waals surface area contributed by atoms with Crippen molar-refractivity contribution in [2.45, 2.75) is 0 Å². The second-order valence-corrected chi connectivity index (χ2v) is 0. The fourth-order valence-corrected chi connectivity index (χ4v) is 0. The number of rotatable bonds is 0. The molecule has 8 N–H and O–H groups in total. The van der Waals surface area contributed by atoms with Gasteiger partial charge in [-0.2, -0.15) is 0 Å². The van der Waals surface area contributed by atoms with Crippen LogP contribution in [0.15, 0.2) is 0 Å². The molecule has 0 amide bonds. The molecule has 0 aliphatic rings. The second-order valence-electron chi connectivity index (χ2n) is 0. The molecule has 0 rings (SSSR count). The van der Waals surface area contributed by atoms with Gasteiger partial charge in [-0.1, -0.05) is 0 Å².